The van der Waals surface area contributed by atoms with E-state index in [4.69, 9.17) is 11.6 Å². The third-order valence-electron chi connectivity index (χ3n) is 3.63. The Morgan fingerprint density at radius 3 is 2.50 bits per heavy atom. The minimum Gasteiger partial charge on any atom is -0.352 e. The molecule has 5 heteroatoms. The number of carbonyl (C=O) groups is 1. The first-order valence-electron chi connectivity index (χ1n) is 7.88. The predicted molar refractivity (Wildman–Crippen MR) is 96.6 cm³/mol. The fraction of sp³-hybridized carbons (Fsp3) is 0.158. The molecule has 2 aromatic carbocycles. The third kappa shape index (κ3) is 3.49. The summed E-state index contributed by atoms with van der Waals surface area (Å²) < 4.78 is 1.73. The molecule has 0 unspecified atom stereocenters. The normalized spacial score (nSPS) is 10.6. The Bertz CT molecular complexity index is 826. The van der Waals surface area contributed by atoms with E-state index in [1.165, 1.54) is 0 Å². The van der Waals surface area contributed by atoms with Gasteiger partial charge in [-0.15, -0.1) is 0 Å². The number of nitrogens with one attached hydrogen (secondary N) is 1. The summed E-state index contributed by atoms with van der Waals surface area (Å²) in [6.07, 6.45) is 2.65. The van der Waals surface area contributed by atoms with Gasteiger partial charge >= 0.3 is 0 Å². The van der Waals surface area contributed by atoms with Crippen LogP contribution >= 0.6 is 11.6 Å². The number of halogens is 1. The van der Waals surface area contributed by atoms with E-state index in [1.54, 1.807) is 23.0 Å². The minimum atomic E-state index is -0.121. The molecule has 0 aliphatic heterocycles. The van der Waals surface area contributed by atoms with Crippen molar-refractivity contribution in [1.82, 2.24) is 15.1 Å². The van der Waals surface area contributed by atoms with Crippen LogP contribution in [0.4, 0.5) is 0 Å². The van der Waals surface area contributed by atoms with Gasteiger partial charge in [-0.05, 0) is 30.7 Å². The topological polar surface area (TPSA) is 46.9 Å². The molecule has 3 rings (SSSR count). The first-order valence-corrected chi connectivity index (χ1v) is 8.26. The molecule has 1 N–H and O–H groups in total. The largest absolute Gasteiger partial charge is 0.352 e. The molecule has 0 aliphatic rings. The van der Waals surface area contributed by atoms with Crippen molar-refractivity contribution in [3.05, 3.63) is 71.4 Å². The fourth-order valence-corrected chi connectivity index (χ4v) is 2.53. The van der Waals surface area contributed by atoms with Gasteiger partial charge in [0.1, 0.15) is 5.69 Å². The average Bonchev–Trinajstić information content (AvgIpc) is 3.06. The third-order valence-corrected chi connectivity index (χ3v) is 3.88. The lowest BCUT2D eigenvalue weighted by Gasteiger charge is -2.04. The van der Waals surface area contributed by atoms with E-state index in [1.807, 2.05) is 49.4 Å². The second-order valence-electron chi connectivity index (χ2n) is 5.43. The highest BCUT2D eigenvalue weighted by atomic mass is 35.5. The summed E-state index contributed by atoms with van der Waals surface area (Å²) in [6, 6.07) is 17.1. The number of hydrogen-bond donors (Lipinski definition) is 1. The van der Waals surface area contributed by atoms with Gasteiger partial charge in [-0.3, -0.25) is 4.79 Å². The van der Waals surface area contributed by atoms with Crippen LogP contribution in [0, 0.1) is 0 Å². The molecule has 4 nitrogen and oxygen atoms in total. The van der Waals surface area contributed by atoms with Crippen LogP contribution in [0.25, 0.3) is 16.9 Å². The Balaban J connectivity index is 2.06. The maximum absolute atomic E-state index is 12.5. The van der Waals surface area contributed by atoms with Crippen molar-refractivity contribution in [3.8, 4) is 16.9 Å². The molecule has 0 radical (unpaired) electrons. The Morgan fingerprint density at radius 2 is 1.83 bits per heavy atom. The number of rotatable bonds is 5. The molecule has 0 fully saturated rings. The van der Waals surface area contributed by atoms with Crippen LogP contribution in [0.1, 0.15) is 23.7 Å². The molecule has 1 aromatic heterocycles. The smallest absolute Gasteiger partial charge is 0.255 e. The highest BCUT2D eigenvalue weighted by Gasteiger charge is 2.18. The molecule has 1 heterocycles. The standard InChI is InChI=1S/C19H18ClN3O/c1-2-12-21-19(24)17-13-23(16-6-4-3-5-7-16)22-18(17)14-8-10-15(20)11-9-14/h3-11,13H,2,12H2,1H3,(H,21,24). The lowest BCUT2D eigenvalue weighted by Crippen LogP contribution is -2.24. The van der Waals surface area contributed by atoms with Crippen LogP contribution in [0.5, 0.6) is 0 Å². The van der Waals surface area contributed by atoms with Crippen LogP contribution in [-0.2, 0) is 0 Å². The molecule has 24 heavy (non-hydrogen) atoms. The molecule has 0 spiro atoms. The lowest BCUT2D eigenvalue weighted by molar-refractivity contribution is 0.0954. The summed E-state index contributed by atoms with van der Waals surface area (Å²) in [6.45, 7) is 2.66. The highest BCUT2D eigenvalue weighted by Crippen LogP contribution is 2.25. The van der Waals surface area contributed by atoms with Crippen molar-refractivity contribution >= 4 is 17.5 Å². The molecule has 0 atom stereocenters. The maximum Gasteiger partial charge on any atom is 0.255 e. The molecule has 1 amide bonds. The van der Waals surface area contributed by atoms with E-state index in [9.17, 15) is 4.79 Å². The fourth-order valence-electron chi connectivity index (χ4n) is 2.41. The van der Waals surface area contributed by atoms with Crippen LogP contribution in [0.15, 0.2) is 60.8 Å². The van der Waals surface area contributed by atoms with E-state index in [0.29, 0.717) is 22.8 Å². The Morgan fingerprint density at radius 1 is 1.12 bits per heavy atom. The maximum atomic E-state index is 12.5. The van der Waals surface area contributed by atoms with Crippen molar-refractivity contribution < 1.29 is 4.79 Å². The highest BCUT2D eigenvalue weighted by molar-refractivity contribution is 6.30. The zero-order chi connectivity index (χ0) is 16.9. The van der Waals surface area contributed by atoms with Crippen molar-refractivity contribution in [3.63, 3.8) is 0 Å². The molecule has 0 saturated carbocycles. The number of para-hydroxylation sites is 1. The first-order chi connectivity index (χ1) is 11.7. The van der Waals surface area contributed by atoms with E-state index in [0.717, 1.165) is 17.7 Å². The van der Waals surface area contributed by atoms with Crippen molar-refractivity contribution in [1.29, 1.82) is 0 Å². The van der Waals surface area contributed by atoms with Crippen molar-refractivity contribution in [2.45, 2.75) is 13.3 Å². The van der Waals surface area contributed by atoms with Gasteiger partial charge in [-0.1, -0.05) is 48.9 Å². The molecular formula is C19H18ClN3O. The summed E-state index contributed by atoms with van der Waals surface area (Å²) in [4.78, 5) is 12.5. The number of nitrogens with zero attached hydrogens (tertiary/aromatic N) is 2. The van der Waals surface area contributed by atoms with E-state index >= 15 is 0 Å². The molecule has 3 aromatic rings. The number of aromatic nitrogens is 2. The van der Waals surface area contributed by atoms with Crippen LogP contribution in [0.3, 0.4) is 0 Å². The zero-order valence-electron chi connectivity index (χ0n) is 13.4. The quantitative estimate of drug-likeness (QED) is 0.752. The van der Waals surface area contributed by atoms with Crippen LogP contribution < -0.4 is 5.32 Å². The second kappa shape index (κ2) is 7.32. The van der Waals surface area contributed by atoms with Crippen LogP contribution in [0.2, 0.25) is 5.02 Å². The van der Waals surface area contributed by atoms with Gasteiger partial charge in [0.2, 0.25) is 0 Å². The second-order valence-corrected chi connectivity index (χ2v) is 5.87. The summed E-state index contributed by atoms with van der Waals surface area (Å²) in [5.74, 6) is -0.121. The Hall–Kier alpha value is -2.59. The monoisotopic (exact) mass is 339 g/mol. The average molecular weight is 340 g/mol. The molecule has 122 valence electrons. The van der Waals surface area contributed by atoms with Gasteiger partial charge in [0.05, 0.1) is 11.3 Å². The van der Waals surface area contributed by atoms with Gasteiger partial charge in [-0.2, -0.15) is 5.10 Å². The van der Waals surface area contributed by atoms with E-state index in [-0.39, 0.29) is 5.91 Å². The van der Waals surface area contributed by atoms with Gasteiger partial charge in [0, 0.05) is 23.3 Å². The van der Waals surface area contributed by atoms with Crippen LogP contribution in [-0.4, -0.2) is 22.2 Å². The number of hydrogen-bond acceptors (Lipinski definition) is 2. The van der Waals surface area contributed by atoms with Crippen molar-refractivity contribution in [2.24, 2.45) is 0 Å². The van der Waals surface area contributed by atoms with Gasteiger partial charge in [0.25, 0.3) is 5.91 Å². The first kappa shape index (κ1) is 16.3. The summed E-state index contributed by atoms with van der Waals surface area (Å²) in [5.41, 5.74) is 2.96. The van der Waals surface area contributed by atoms with Crippen molar-refractivity contribution in [2.75, 3.05) is 6.54 Å². The molecule has 0 aliphatic carbocycles. The molecular weight excluding hydrogens is 322 g/mol. The Labute approximate surface area is 146 Å². The summed E-state index contributed by atoms with van der Waals surface area (Å²) >= 11 is 5.97. The zero-order valence-corrected chi connectivity index (χ0v) is 14.1. The molecule has 0 saturated heterocycles. The number of carbonyl (C=O) groups excluding carboxylic acids is 1. The number of amides is 1. The predicted octanol–water partition coefficient (Wildman–Crippen LogP) is 4.33. The van der Waals surface area contributed by atoms with Gasteiger partial charge < -0.3 is 5.32 Å². The van der Waals surface area contributed by atoms with Gasteiger partial charge in [0.15, 0.2) is 0 Å². The lowest BCUT2D eigenvalue weighted by atomic mass is 10.1. The molecule has 0 bridgehead atoms. The minimum absolute atomic E-state index is 0.121. The number of benzene rings is 2. The summed E-state index contributed by atoms with van der Waals surface area (Å²) in [7, 11) is 0. The Kier molecular flexibility index (Phi) is 4.96. The summed E-state index contributed by atoms with van der Waals surface area (Å²) in [5, 5.41) is 8.19. The van der Waals surface area contributed by atoms with E-state index in [2.05, 4.69) is 10.4 Å². The van der Waals surface area contributed by atoms with Gasteiger partial charge in [-0.25, -0.2) is 4.68 Å². The van der Waals surface area contributed by atoms with E-state index < -0.39 is 0 Å². The SMILES string of the molecule is CCCNC(=O)c1cn(-c2ccccc2)nc1-c1ccc(Cl)cc1.